The predicted molar refractivity (Wildman–Crippen MR) is 96.1 cm³/mol. The molecule has 0 saturated heterocycles. The molecular formula is C17H23N5O2. The van der Waals surface area contributed by atoms with Crippen LogP contribution in [0.2, 0.25) is 0 Å². The van der Waals surface area contributed by atoms with Gasteiger partial charge in [-0.25, -0.2) is 9.79 Å². The highest BCUT2D eigenvalue weighted by atomic mass is 16.5. The molecule has 1 aromatic carbocycles. The van der Waals surface area contributed by atoms with E-state index < -0.39 is 0 Å². The molecule has 1 heterocycles. The van der Waals surface area contributed by atoms with Gasteiger partial charge in [0.1, 0.15) is 5.84 Å². The van der Waals surface area contributed by atoms with Gasteiger partial charge in [-0.15, -0.1) is 0 Å². The van der Waals surface area contributed by atoms with Gasteiger partial charge in [-0.1, -0.05) is 18.2 Å². The summed E-state index contributed by atoms with van der Waals surface area (Å²) in [5.41, 5.74) is 1.38. The number of hydrogen-bond acceptors (Lipinski definition) is 5. The molecule has 0 unspecified atom stereocenters. The first-order chi connectivity index (χ1) is 11.7. The number of carbonyl (C=O) groups is 1. The summed E-state index contributed by atoms with van der Waals surface area (Å²) in [6.07, 6.45) is 2.05. The van der Waals surface area contributed by atoms with Crippen LogP contribution in [0.15, 0.2) is 52.2 Å². The predicted octanol–water partition coefficient (Wildman–Crippen LogP) is 2.80. The number of rotatable bonds is 4. The van der Waals surface area contributed by atoms with Gasteiger partial charge in [-0.2, -0.15) is 4.99 Å². The van der Waals surface area contributed by atoms with E-state index in [4.69, 9.17) is 4.74 Å². The third kappa shape index (κ3) is 4.84. The Labute approximate surface area is 142 Å². The molecule has 0 spiro atoms. The van der Waals surface area contributed by atoms with Gasteiger partial charge in [0.15, 0.2) is 0 Å². The number of hydrogen-bond donors (Lipinski definition) is 2. The molecule has 24 heavy (non-hydrogen) atoms. The molecule has 0 aromatic heterocycles. The normalized spacial score (nSPS) is 13.9. The number of aliphatic imine (C=N–C) groups is 2. The molecule has 0 bridgehead atoms. The monoisotopic (exact) mass is 329 g/mol. The Kier molecular flexibility index (Phi) is 6.36. The molecule has 1 aliphatic rings. The zero-order valence-electron chi connectivity index (χ0n) is 14.2. The third-order valence-electron chi connectivity index (χ3n) is 3.52. The van der Waals surface area contributed by atoms with Crippen LogP contribution in [-0.4, -0.2) is 43.0 Å². The van der Waals surface area contributed by atoms with Gasteiger partial charge in [0.05, 0.1) is 13.3 Å². The lowest BCUT2D eigenvalue weighted by Gasteiger charge is -2.23. The fourth-order valence-electron chi connectivity index (χ4n) is 2.30. The lowest BCUT2D eigenvalue weighted by atomic mass is 10.2. The van der Waals surface area contributed by atoms with Crippen LogP contribution in [0.25, 0.3) is 0 Å². The van der Waals surface area contributed by atoms with Crippen LogP contribution in [0.4, 0.5) is 10.5 Å². The van der Waals surface area contributed by atoms with Gasteiger partial charge >= 0.3 is 12.1 Å². The van der Waals surface area contributed by atoms with Crippen molar-refractivity contribution in [3.8, 4) is 0 Å². The molecule has 1 aliphatic heterocycles. The minimum Gasteiger partial charge on any atom is -0.467 e. The zero-order valence-corrected chi connectivity index (χ0v) is 14.2. The van der Waals surface area contributed by atoms with Crippen LogP contribution in [0.5, 0.6) is 0 Å². The molecule has 2 amide bonds. The fourth-order valence-corrected chi connectivity index (χ4v) is 2.30. The second-order valence-corrected chi connectivity index (χ2v) is 5.09. The Balaban J connectivity index is 2.09. The van der Waals surface area contributed by atoms with Crippen LogP contribution >= 0.6 is 0 Å². The van der Waals surface area contributed by atoms with E-state index in [1.807, 2.05) is 30.3 Å². The Morgan fingerprint density at radius 2 is 1.92 bits per heavy atom. The average Bonchev–Trinajstić information content (AvgIpc) is 2.79. The molecule has 7 heteroatoms. The summed E-state index contributed by atoms with van der Waals surface area (Å²) >= 11 is 0. The van der Waals surface area contributed by atoms with Crippen molar-refractivity contribution in [2.45, 2.75) is 20.3 Å². The van der Waals surface area contributed by atoms with E-state index in [2.05, 4.69) is 39.4 Å². The van der Waals surface area contributed by atoms with Gasteiger partial charge in [-0.05, 0) is 26.0 Å². The number of carbonyl (C=O) groups excluding carboxylic acids is 1. The van der Waals surface area contributed by atoms with E-state index in [0.29, 0.717) is 12.1 Å². The largest absolute Gasteiger partial charge is 0.467 e. The number of benzene rings is 1. The van der Waals surface area contributed by atoms with Crippen molar-refractivity contribution < 1.29 is 9.53 Å². The van der Waals surface area contributed by atoms with E-state index >= 15 is 0 Å². The van der Waals surface area contributed by atoms with E-state index in [0.717, 1.165) is 24.6 Å². The number of amidine groups is 2. The first-order valence-electron chi connectivity index (χ1n) is 7.92. The number of para-hydroxylation sites is 1. The summed E-state index contributed by atoms with van der Waals surface area (Å²) in [4.78, 5) is 22.8. The lowest BCUT2D eigenvalue weighted by Crippen LogP contribution is -2.35. The Hall–Kier alpha value is -2.83. The molecule has 7 nitrogen and oxygen atoms in total. The van der Waals surface area contributed by atoms with Crippen molar-refractivity contribution in [1.82, 2.24) is 10.2 Å². The number of ether oxygens (including phenoxy) is 1. The number of anilines is 1. The first-order valence-corrected chi connectivity index (χ1v) is 7.92. The maximum absolute atomic E-state index is 12.2. The summed E-state index contributed by atoms with van der Waals surface area (Å²) in [7, 11) is 1.52. The molecule has 0 aliphatic carbocycles. The quantitative estimate of drug-likeness (QED) is 0.891. The minimum atomic E-state index is -0.317. The van der Waals surface area contributed by atoms with Gasteiger partial charge in [0.25, 0.3) is 0 Å². The van der Waals surface area contributed by atoms with Crippen LogP contribution in [0.3, 0.4) is 0 Å². The van der Waals surface area contributed by atoms with Crippen molar-refractivity contribution in [2.75, 3.05) is 25.5 Å². The SMILES string of the molecule is CCN(CC)C1=NC(OC)=NC=C(NC(=O)Nc2ccccc2)C1. The second-order valence-electron chi connectivity index (χ2n) is 5.09. The van der Waals surface area contributed by atoms with Gasteiger partial charge < -0.3 is 20.3 Å². The molecule has 1 aromatic rings. The van der Waals surface area contributed by atoms with Crippen molar-refractivity contribution in [3.63, 3.8) is 0 Å². The summed E-state index contributed by atoms with van der Waals surface area (Å²) in [5.74, 6) is 0.810. The molecular weight excluding hydrogens is 306 g/mol. The maximum Gasteiger partial charge on any atom is 0.323 e. The highest BCUT2D eigenvalue weighted by Gasteiger charge is 2.16. The van der Waals surface area contributed by atoms with Crippen LogP contribution in [-0.2, 0) is 4.74 Å². The number of amides is 2. The third-order valence-corrected chi connectivity index (χ3v) is 3.52. The molecule has 128 valence electrons. The summed E-state index contributed by atoms with van der Waals surface area (Å²) in [6, 6.07) is 9.22. The number of methoxy groups -OCH3 is 1. The summed E-state index contributed by atoms with van der Waals surface area (Å²) in [6.45, 7) is 5.74. The molecule has 0 radical (unpaired) electrons. The summed E-state index contributed by atoms with van der Waals surface area (Å²) in [5, 5.41) is 5.61. The van der Waals surface area contributed by atoms with Gasteiger partial charge in [-0.3, -0.25) is 0 Å². The van der Waals surface area contributed by atoms with E-state index in [1.165, 1.54) is 7.11 Å². The standard InChI is InChI=1S/C17H23N5O2/c1-4-22(5-2)15-11-14(12-18-17(21-15)24-3)20-16(23)19-13-9-7-6-8-10-13/h6-10,12H,4-5,11H2,1-3H3,(H2,19,20,23). The number of nitrogens with zero attached hydrogens (tertiary/aromatic N) is 3. The minimum absolute atomic E-state index is 0.275. The van der Waals surface area contributed by atoms with Crippen molar-refractivity contribution >= 4 is 23.6 Å². The highest BCUT2D eigenvalue weighted by molar-refractivity contribution is 5.97. The van der Waals surface area contributed by atoms with Crippen molar-refractivity contribution in [1.29, 1.82) is 0 Å². The van der Waals surface area contributed by atoms with E-state index in [9.17, 15) is 4.79 Å². The topological polar surface area (TPSA) is 78.3 Å². The van der Waals surface area contributed by atoms with Gasteiger partial charge in [0.2, 0.25) is 0 Å². The smallest absolute Gasteiger partial charge is 0.323 e. The van der Waals surface area contributed by atoms with Gasteiger partial charge in [0, 0.05) is 30.9 Å². The lowest BCUT2D eigenvalue weighted by molar-refractivity contribution is 0.254. The Bertz CT molecular complexity index is 648. The molecule has 2 rings (SSSR count). The number of urea groups is 1. The van der Waals surface area contributed by atoms with E-state index in [1.54, 1.807) is 6.20 Å². The molecule has 2 N–H and O–H groups in total. The molecule has 0 fully saturated rings. The second kappa shape index (κ2) is 8.71. The highest BCUT2D eigenvalue weighted by Crippen LogP contribution is 2.11. The average molecular weight is 329 g/mol. The summed E-state index contributed by atoms with van der Waals surface area (Å²) < 4.78 is 5.15. The van der Waals surface area contributed by atoms with Crippen molar-refractivity contribution in [2.24, 2.45) is 9.98 Å². The maximum atomic E-state index is 12.2. The zero-order chi connectivity index (χ0) is 17.4. The van der Waals surface area contributed by atoms with E-state index in [-0.39, 0.29) is 12.1 Å². The van der Waals surface area contributed by atoms with Crippen LogP contribution in [0, 0.1) is 0 Å². The van der Waals surface area contributed by atoms with Crippen LogP contribution in [0.1, 0.15) is 20.3 Å². The first kappa shape index (κ1) is 17.5. The molecule has 0 saturated carbocycles. The number of nitrogens with one attached hydrogen (secondary N) is 2. The van der Waals surface area contributed by atoms with Crippen LogP contribution < -0.4 is 10.6 Å². The fraction of sp³-hybridized carbons (Fsp3) is 0.353. The Morgan fingerprint density at radius 1 is 1.21 bits per heavy atom. The molecule has 0 atom stereocenters. The Morgan fingerprint density at radius 3 is 2.54 bits per heavy atom. The van der Waals surface area contributed by atoms with Crippen molar-refractivity contribution in [3.05, 3.63) is 42.2 Å².